The van der Waals surface area contributed by atoms with Crippen LogP contribution in [-0.2, 0) is 26.3 Å². The highest BCUT2D eigenvalue weighted by Crippen LogP contribution is 2.51. The highest BCUT2D eigenvalue weighted by Gasteiger charge is 2.55. The minimum atomic E-state index is -0.658. The average molecular weight is 239 g/mol. The third-order valence-corrected chi connectivity index (χ3v) is 3.28. The Morgan fingerprint density at radius 3 is 2.76 bits per heavy atom. The first-order chi connectivity index (χ1) is 8.14. The number of hydrogen-bond acceptors (Lipinski definition) is 5. The highest BCUT2D eigenvalue weighted by atomic mass is 16.5. The molecule has 0 bridgehead atoms. The van der Waals surface area contributed by atoms with E-state index >= 15 is 0 Å². The number of nitrogens with two attached hydrogens (primary N) is 1. The van der Waals surface area contributed by atoms with Gasteiger partial charge in [-0.2, -0.15) is 0 Å². The molecule has 1 aromatic heterocycles. The van der Waals surface area contributed by atoms with E-state index in [2.05, 4.69) is 4.74 Å². The molecule has 1 aromatic rings. The summed E-state index contributed by atoms with van der Waals surface area (Å²) in [7, 11) is 2.95. The maximum Gasteiger partial charge on any atom is 0.323 e. The van der Waals surface area contributed by atoms with Crippen molar-refractivity contribution in [2.75, 3.05) is 14.2 Å². The second kappa shape index (κ2) is 4.50. The predicted octanol–water partition coefficient (Wildman–Crippen LogP) is 0.958. The second-order valence-corrected chi connectivity index (χ2v) is 4.36. The van der Waals surface area contributed by atoms with Crippen molar-refractivity contribution in [1.82, 2.24) is 0 Å². The van der Waals surface area contributed by atoms with Gasteiger partial charge in [0.1, 0.15) is 24.2 Å². The number of hydrogen-bond donors (Lipinski definition) is 1. The third-order valence-electron chi connectivity index (χ3n) is 3.28. The summed E-state index contributed by atoms with van der Waals surface area (Å²) in [5.74, 6) is 1.10. The van der Waals surface area contributed by atoms with Crippen LogP contribution in [0.3, 0.4) is 0 Å². The second-order valence-electron chi connectivity index (χ2n) is 4.36. The van der Waals surface area contributed by atoms with Crippen molar-refractivity contribution in [2.45, 2.75) is 30.9 Å². The lowest BCUT2D eigenvalue weighted by Crippen LogP contribution is -2.42. The summed E-state index contributed by atoms with van der Waals surface area (Å²) in [6, 6.07) is 3.06. The van der Waals surface area contributed by atoms with Crippen LogP contribution in [0.15, 0.2) is 16.5 Å². The Hall–Kier alpha value is -1.33. The molecule has 1 heterocycles. The van der Waals surface area contributed by atoms with Crippen molar-refractivity contribution >= 4 is 5.97 Å². The summed E-state index contributed by atoms with van der Waals surface area (Å²) in [4.78, 5) is 11.5. The van der Waals surface area contributed by atoms with Crippen molar-refractivity contribution < 1.29 is 18.7 Å². The molecule has 2 rings (SSSR count). The smallest absolute Gasteiger partial charge is 0.323 e. The van der Waals surface area contributed by atoms with Crippen LogP contribution in [-0.4, -0.2) is 26.2 Å². The zero-order valence-electron chi connectivity index (χ0n) is 10.1. The van der Waals surface area contributed by atoms with Crippen LogP contribution < -0.4 is 5.73 Å². The van der Waals surface area contributed by atoms with Gasteiger partial charge in [-0.1, -0.05) is 0 Å². The molecular formula is C12H17NO4. The van der Waals surface area contributed by atoms with Gasteiger partial charge in [0, 0.05) is 7.11 Å². The molecule has 5 heteroatoms. The van der Waals surface area contributed by atoms with Crippen LogP contribution in [0.2, 0.25) is 0 Å². The van der Waals surface area contributed by atoms with E-state index in [4.69, 9.17) is 14.9 Å². The van der Waals surface area contributed by atoms with Gasteiger partial charge in [0.15, 0.2) is 0 Å². The molecule has 1 aliphatic carbocycles. The van der Waals surface area contributed by atoms with Crippen molar-refractivity contribution in [1.29, 1.82) is 0 Å². The lowest BCUT2D eigenvalue weighted by Gasteiger charge is -2.18. The van der Waals surface area contributed by atoms with Gasteiger partial charge < -0.3 is 19.6 Å². The number of methoxy groups -OCH3 is 2. The third kappa shape index (κ3) is 2.08. The molecule has 0 aliphatic heterocycles. The lowest BCUT2D eigenvalue weighted by atomic mass is 9.94. The number of carbonyl (C=O) groups excluding carboxylic acids is 1. The van der Waals surface area contributed by atoms with Gasteiger partial charge in [0.25, 0.3) is 0 Å². The molecule has 5 nitrogen and oxygen atoms in total. The van der Waals surface area contributed by atoms with Gasteiger partial charge in [-0.3, -0.25) is 4.79 Å². The minimum absolute atomic E-state index is 0.376. The van der Waals surface area contributed by atoms with Crippen LogP contribution in [0.4, 0.5) is 0 Å². The summed E-state index contributed by atoms with van der Waals surface area (Å²) in [6.45, 7) is 0.420. The first kappa shape index (κ1) is 12.1. The molecule has 1 aliphatic rings. The molecular weight excluding hydrogens is 222 g/mol. The largest absolute Gasteiger partial charge is 0.468 e. The lowest BCUT2D eigenvalue weighted by molar-refractivity contribution is -0.143. The van der Waals surface area contributed by atoms with Crippen molar-refractivity contribution in [2.24, 2.45) is 5.73 Å². The average Bonchev–Trinajstić information content (AvgIpc) is 3.02. The first-order valence-electron chi connectivity index (χ1n) is 5.55. The van der Waals surface area contributed by atoms with Gasteiger partial charge in [0.2, 0.25) is 0 Å². The molecule has 17 heavy (non-hydrogen) atoms. The van der Waals surface area contributed by atoms with E-state index in [0.29, 0.717) is 6.61 Å². The normalized spacial score (nSPS) is 18.8. The minimum Gasteiger partial charge on any atom is -0.468 e. The van der Waals surface area contributed by atoms with Crippen LogP contribution in [0.1, 0.15) is 24.4 Å². The zero-order chi connectivity index (χ0) is 12.5. The molecule has 1 unspecified atom stereocenters. The predicted molar refractivity (Wildman–Crippen MR) is 60.3 cm³/mol. The van der Waals surface area contributed by atoms with Gasteiger partial charge in [0.05, 0.1) is 12.5 Å². The van der Waals surface area contributed by atoms with Gasteiger partial charge in [-0.25, -0.2) is 0 Å². The van der Waals surface area contributed by atoms with E-state index in [0.717, 1.165) is 24.4 Å². The molecule has 0 amide bonds. The Morgan fingerprint density at radius 2 is 2.24 bits per heavy atom. The van der Waals surface area contributed by atoms with E-state index < -0.39 is 12.0 Å². The SMILES string of the molecule is COCc1ccc(C2(C(N)C(=O)OC)CC2)o1. The monoisotopic (exact) mass is 239 g/mol. The standard InChI is InChI=1S/C12H17NO4/c1-15-7-8-3-4-9(17-8)12(5-6-12)10(13)11(14)16-2/h3-4,10H,5-7,13H2,1-2H3. The van der Waals surface area contributed by atoms with Gasteiger partial charge >= 0.3 is 5.97 Å². The number of furan rings is 1. The Labute approximate surface area is 99.9 Å². The number of ether oxygens (including phenoxy) is 2. The first-order valence-corrected chi connectivity index (χ1v) is 5.55. The van der Waals surface area contributed by atoms with Gasteiger partial charge in [-0.15, -0.1) is 0 Å². The molecule has 0 spiro atoms. The Kier molecular flexibility index (Phi) is 3.22. The molecule has 94 valence electrons. The molecule has 0 radical (unpaired) electrons. The Bertz CT molecular complexity index is 408. The van der Waals surface area contributed by atoms with Crippen molar-refractivity contribution in [3.05, 3.63) is 23.7 Å². The van der Waals surface area contributed by atoms with Crippen LogP contribution in [0.5, 0.6) is 0 Å². The number of rotatable bonds is 5. The van der Waals surface area contributed by atoms with Crippen LogP contribution in [0.25, 0.3) is 0 Å². The van der Waals surface area contributed by atoms with Crippen molar-refractivity contribution in [3.63, 3.8) is 0 Å². The topological polar surface area (TPSA) is 74.7 Å². The summed E-state index contributed by atoms with van der Waals surface area (Å²) in [6.07, 6.45) is 1.70. The molecule has 1 fully saturated rings. The van der Waals surface area contributed by atoms with E-state index in [1.807, 2.05) is 12.1 Å². The van der Waals surface area contributed by atoms with Crippen molar-refractivity contribution in [3.8, 4) is 0 Å². The van der Waals surface area contributed by atoms with E-state index in [1.54, 1.807) is 7.11 Å². The number of esters is 1. The molecule has 1 saturated carbocycles. The fraction of sp³-hybridized carbons (Fsp3) is 0.583. The van der Waals surface area contributed by atoms with Crippen LogP contribution >= 0.6 is 0 Å². The highest BCUT2D eigenvalue weighted by molar-refractivity contribution is 5.78. The Morgan fingerprint density at radius 1 is 1.53 bits per heavy atom. The quantitative estimate of drug-likeness (QED) is 0.774. The summed E-state index contributed by atoms with van der Waals surface area (Å²) >= 11 is 0. The molecule has 2 N–H and O–H groups in total. The fourth-order valence-corrected chi connectivity index (χ4v) is 2.06. The fourth-order valence-electron chi connectivity index (χ4n) is 2.06. The summed E-state index contributed by atoms with van der Waals surface area (Å²) in [5, 5.41) is 0. The number of carbonyl (C=O) groups is 1. The molecule has 0 saturated heterocycles. The van der Waals surface area contributed by atoms with E-state index in [1.165, 1.54) is 7.11 Å². The summed E-state index contributed by atoms with van der Waals surface area (Å²) < 4.78 is 15.3. The maximum atomic E-state index is 11.5. The maximum absolute atomic E-state index is 11.5. The zero-order valence-corrected chi connectivity index (χ0v) is 10.1. The Balaban J connectivity index is 2.17. The van der Waals surface area contributed by atoms with Gasteiger partial charge in [-0.05, 0) is 25.0 Å². The van der Waals surface area contributed by atoms with E-state index in [-0.39, 0.29) is 5.41 Å². The van der Waals surface area contributed by atoms with E-state index in [9.17, 15) is 4.79 Å². The summed E-state index contributed by atoms with van der Waals surface area (Å²) in [5.41, 5.74) is 5.54. The molecule has 0 aromatic carbocycles. The molecule has 1 atom stereocenters. The van der Waals surface area contributed by atoms with Crippen LogP contribution in [0, 0.1) is 0 Å².